The van der Waals surface area contributed by atoms with Gasteiger partial charge >= 0.3 is 5.97 Å². The summed E-state index contributed by atoms with van der Waals surface area (Å²) in [7, 11) is 0. The number of aromatic nitrogens is 2. The first-order valence-corrected chi connectivity index (χ1v) is 4.33. The third-order valence-electron chi connectivity index (χ3n) is 1.81. The van der Waals surface area contributed by atoms with Crippen LogP contribution < -0.4 is 0 Å². The van der Waals surface area contributed by atoms with E-state index < -0.39 is 5.97 Å². The zero-order valence-electron chi connectivity index (χ0n) is 7.48. The molecule has 1 aromatic rings. The summed E-state index contributed by atoms with van der Waals surface area (Å²) in [5, 5.41) is 8.70. The molecule has 76 valence electrons. The van der Waals surface area contributed by atoms with Gasteiger partial charge in [0.15, 0.2) is 6.29 Å². The molecule has 0 saturated heterocycles. The summed E-state index contributed by atoms with van der Waals surface area (Å²) in [5.74, 6) is -0.945. The Kier molecular flexibility index (Phi) is 3.24. The van der Waals surface area contributed by atoms with Gasteiger partial charge in [-0.1, -0.05) is 0 Å². The van der Waals surface area contributed by atoms with Crippen LogP contribution in [0.1, 0.15) is 29.9 Å². The van der Waals surface area contributed by atoms with E-state index >= 15 is 0 Å². The van der Waals surface area contributed by atoms with E-state index in [1.807, 2.05) is 0 Å². The third kappa shape index (κ3) is 2.11. The van der Waals surface area contributed by atoms with Crippen LogP contribution in [0, 0.1) is 0 Å². The van der Waals surface area contributed by atoms with Crippen LogP contribution in [0.4, 0.5) is 0 Å². The molecular weight excluding hydrogens is 208 g/mol. The summed E-state index contributed by atoms with van der Waals surface area (Å²) in [4.78, 5) is 24.7. The van der Waals surface area contributed by atoms with Crippen LogP contribution in [-0.2, 0) is 4.79 Å². The number of nitrogens with zero attached hydrogens (tertiary/aromatic N) is 2. The minimum atomic E-state index is -0.945. The average Bonchev–Trinajstić information content (AvgIpc) is 2.45. The minimum absolute atomic E-state index is 0.100. The van der Waals surface area contributed by atoms with Crippen LogP contribution in [0.15, 0.2) is 6.20 Å². The lowest BCUT2D eigenvalue weighted by Gasteiger charge is -2.12. The molecular formula is C8H9ClN2O3. The van der Waals surface area contributed by atoms with Gasteiger partial charge in [0, 0.05) is 6.04 Å². The highest BCUT2D eigenvalue weighted by Gasteiger charge is 2.16. The fraction of sp³-hybridized carbons (Fsp3) is 0.375. The molecule has 1 rings (SSSR count). The summed E-state index contributed by atoms with van der Waals surface area (Å²) in [5.41, 5.74) is 0.281. The van der Waals surface area contributed by atoms with Gasteiger partial charge in [-0.15, -0.1) is 0 Å². The number of hydrogen-bond acceptors (Lipinski definition) is 3. The SMILES string of the molecule is C[C@@H](CC(=O)O)n1c(C=O)cnc1Cl. The van der Waals surface area contributed by atoms with Crippen molar-refractivity contribution in [1.82, 2.24) is 9.55 Å². The van der Waals surface area contributed by atoms with Crippen molar-refractivity contribution < 1.29 is 14.7 Å². The molecule has 0 radical (unpaired) electrons. The first-order valence-electron chi connectivity index (χ1n) is 3.96. The fourth-order valence-corrected chi connectivity index (χ4v) is 1.53. The van der Waals surface area contributed by atoms with Crippen molar-refractivity contribution in [1.29, 1.82) is 0 Å². The first-order chi connectivity index (χ1) is 6.56. The molecule has 0 aliphatic heterocycles. The van der Waals surface area contributed by atoms with Crippen molar-refractivity contribution in [3.05, 3.63) is 17.2 Å². The highest BCUT2D eigenvalue weighted by Crippen LogP contribution is 2.19. The molecule has 0 aromatic carbocycles. The first kappa shape index (κ1) is 10.7. The second kappa shape index (κ2) is 4.23. The van der Waals surface area contributed by atoms with Crippen LogP contribution >= 0.6 is 11.6 Å². The number of aldehydes is 1. The van der Waals surface area contributed by atoms with E-state index in [1.54, 1.807) is 6.92 Å². The van der Waals surface area contributed by atoms with Crippen LogP contribution in [0.2, 0.25) is 5.28 Å². The topological polar surface area (TPSA) is 72.2 Å². The summed E-state index contributed by atoms with van der Waals surface area (Å²) in [6.45, 7) is 1.66. The number of halogens is 1. The summed E-state index contributed by atoms with van der Waals surface area (Å²) in [6, 6.07) is -0.386. The molecule has 0 spiro atoms. The highest BCUT2D eigenvalue weighted by molar-refractivity contribution is 6.28. The predicted molar refractivity (Wildman–Crippen MR) is 49.6 cm³/mol. The Labute approximate surface area is 85.3 Å². The van der Waals surface area contributed by atoms with Crippen molar-refractivity contribution in [2.24, 2.45) is 0 Å². The quantitative estimate of drug-likeness (QED) is 0.772. The van der Waals surface area contributed by atoms with Gasteiger partial charge in [-0.2, -0.15) is 0 Å². The number of carbonyl (C=O) groups is 2. The number of hydrogen-bond donors (Lipinski definition) is 1. The van der Waals surface area contributed by atoms with Crippen molar-refractivity contribution in [3.63, 3.8) is 0 Å². The molecule has 0 saturated carbocycles. The van der Waals surface area contributed by atoms with Crippen molar-refractivity contribution in [2.45, 2.75) is 19.4 Å². The average molecular weight is 217 g/mol. The van der Waals surface area contributed by atoms with E-state index in [9.17, 15) is 9.59 Å². The Balaban J connectivity index is 2.97. The van der Waals surface area contributed by atoms with Crippen molar-refractivity contribution in [2.75, 3.05) is 0 Å². The number of imidazole rings is 1. The summed E-state index contributed by atoms with van der Waals surface area (Å²) in [6.07, 6.45) is 1.81. The zero-order chi connectivity index (χ0) is 10.7. The Bertz CT molecular complexity index is 361. The van der Waals surface area contributed by atoms with Gasteiger partial charge in [-0.3, -0.25) is 9.59 Å². The standard InChI is InChI=1S/C8H9ClN2O3/c1-5(2-7(13)14)11-6(4-12)3-10-8(11)9/h3-5H,2H2,1H3,(H,13,14)/t5-/m0/s1. The van der Waals surface area contributed by atoms with Crippen molar-refractivity contribution in [3.8, 4) is 0 Å². The summed E-state index contributed by atoms with van der Waals surface area (Å²) >= 11 is 5.70. The zero-order valence-corrected chi connectivity index (χ0v) is 8.23. The summed E-state index contributed by atoms with van der Waals surface area (Å²) < 4.78 is 1.39. The van der Waals surface area contributed by atoms with E-state index in [0.29, 0.717) is 6.29 Å². The molecule has 0 aliphatic rings. The maximum absolute atomic E-state index is 10.6. The largest absolute Gasteiger partial charge is 0.481 e. The van der Waals surface area contributed by atoms with Crippen LogP contribution in [0.25, 0.3) is 0 Å². The molecule has 5 nitrogen and oxygen atoms in total. The van der Waals surface area contributed by atoms with Gasteiger partial charge in [0.05, 0.1) is 12.6 Å². The van der Waals surface area contributed by atoms with Gasteiger partial charge < -0.3 is 9.67 Å². The van der Waals surface area contributed by atoms with Gasteiger partial charge in [0.1, 0.15) is 5.69 Å². The van der Waals surface area contributed by atoms with Crippen LogP contribution in [0.3, 0.4) is 0 Å². The molecule has 14 heavy (non-hydrogen) atoms. The Morgan fingerprint density at radius 2 is 2.50 bits per heavy atom. The Morgan fingerprint density at radius 3 is 3.00 bits per heavy atom. The molecule has 1 atom stereocenters. The number of carboxylic acids is 1. The molecule has 6 heteroatoms. The van der Waals surface area contributed by atoms with Gasteiger partial charge in [-0.05, 0) is 18.5 Å². The maximum atomic E-state index is 10.6. The normalized spacial score (nSPS) is 12.4. The highest BCUT2D eigenvalue weighted by atomic mass is 35.5. The number of carboxylic acid groups (broad SMARTS) is 1. The second-order valence-electron chi connectivity index (χ2n) is 2.89. The fourth-order valence-electron chi connectivity index (χ4n) is 1.22. The van der Waals surface area contributed by atoms with E-state index in [0.717, 1.165) is 0 Å². The third-order valence-corrected chi connectivity index (χ3v) is 2.09. The number of rotatable bonds is 4. The Hall–Kier alpha value is -1.36. The van der Waals surface area contributed by atoms with Crippen LogP contribution in [-0.4, -0.2) is 26.9 Å². The smallest absolute Gasteiger partial charge is 0.305 e. The lowest BCUT2D eigenvalue weighted by atomic mass is 10.2. The molecule has 1 heterocycles. The van der Waals surface area contributed by atoms with Gasteiger partial charge in [0.25, 0.3) is 0 Å². The Morgan fingerprint density at radius 1 is 1.86 bits per heavy atom. The molecule has 0 bridgehead atoms. The van der Waals surface area contributed by atoms with Crippen molar-refractivity contribution >= 4 is 23.9 Å². The van der Waals surface area contributed by atoms with Crippen LogP contribution in [0.5, 0.6) is 0 Å². The molecule has 1 N–H and O–H groups in total. The van der Waals surface area contributed by atoms with E-state index in [1.165, 1.54) is 10.8 Å². The minimum Gasteiger partial charge on any atom is -0.481 e. The predicted octanol–water partition coefficient (Wildman–Crippen LogP) is 1.38. The molecule has 1 aromatic heterocycles. The lowest BCUT2D eigenvalue weighted by molar-refractivity contribution is -0.137. The van der Waals surface area contributed by atoms with E-state index in [-0.39, 0.29) is 23.4 Å². The van der Waals surface area contributed by atoms with Gasteiger partial charge in [0.2, 0.25) is 5.28 Å². The van der Waals surface area contributed by atoms with Gasteiger partial charge in [-0.25, -0.2) is 4.98 Å². The van der Waals surface area contributed by atoms with E-state index in [4.69, 9.17) is 16.7 Å². The second-order valence-corrected chi connectivity index (χ2v) is 3.22. The number of aliphatic carboxylic acids is 1. The lowest BCUT2D eigenvalue weighted by Crippen LogP contribution is -2.12. The number of carbonyl (C=O) groups excluding carboxylic acids is 1. The molecule has 0 aliphatic carbocycles. The van der Waals surface area contributed by atoms with E-state index in [2.05, 4.69) is 4.98 Å². The molecule has 0 unspecified atom stereocenters. The monoisotopic (exact) mass is 216 g/mol. The molecule has 0 amide bonds. The molecule has 0 fully saturated rings. The maximum Gasteiger partial charge on any atom is 0.305 e.